The third-order valence-electron chi connectivity index (χ3n) is 1.37. The minimum atomic E-state index is -0.303. The van der Waals surface area contributed by atoms with Crippen molar-refractivity contribution in [2.75, 3.05) is 14.1 Å². The SMILES string of the molecule is CN(C)C1=NC(=O)NC=CC1. The van der Waals surface area contributed by atoms with E-state index in [0.29, 0.717) is 6.42 Å². The van der Waals surface area contributed by atoms with Crippen molar-refractivity contribution in [3.8, 4) is 0 Å². The van der Waals surface area contributed by atoms with E-state index in [4.69, 9.17) is 0 Å². The Morgan fingerprint density at radius 2 is 2.36 bits per heavy atom. The van der Waals surface area contributed by atoms with Crippen molar-refractivity contribution in [3.63, 3.8) is 0 Å². The van der Waals surface area contributed by atoms with Crippen LogP contribution >= 0.6 is 0 Å². The maximum atomic E-state index is 10.8. The van der Waals surface area contributed by atoms with E-state index >= 15 is 0 Å². The fraction of sp³-hybridized carbons (Fsp3) is 0.429. The van der Waals surface area contributed by atoms with Crippen LogP contribution in [0.1, 0.15) is 6.42 Å². The molecule has 0 fully saturated rings. The van der Waals surface area contributed by atoms with Gasteiger partial charge in [0.15, 0.2) is 0 Å². The first-order valence-corrected chi connectivity index (χ1v) is 3.40. The van der Waals surface area contributed by atoms with Crippen LogP contribution in [0.25, 0.3) is 0 Å². The van der Waals surface area contributed by atoms with Gasteiger partial charge in [0.1, 0.15) is 5.84 Å². The molecule has 0 aromatic carbocycles. The van der Waals surface area contributed by atoms with Crippen molar-refractivity contribution in [3.05, 3.63) is 12.3 Å². The van der Waals surface area contributed by atoms with Crippen molar-refractivity contribution < 1.29 is 4.79 Å². The lowest BCUT2D eigenvalue weighted by atomic mass is 10.3. The molecule has 60 valence electrons. The van der Waals surface area contributed by atoms with Gasteiger partial charge in [0.25, 0.3) is 0 Å². The number of urea groups is 1. The Bertz CT molecular complexity index is 218. The second kappa shape index (κ2) is 3.18. The molecule has 0 saturated heterocycles. The quantitative estimate of drug-likeness (QED) is 0.553. The first kappa shape index (κ1) is 7.78. The van der Waals surface area contributed by atoms with Gasteiger partial charge in [-0.15, -0.1) is 0 Å². The third-order valence-corrected chi connectivity index (χ3v) is 1.37. The Kier molecular flexibility index (Phi) is 2.25. The molecule has 2 amide bonds. The molecule has 0 unspecified atom stereocenters. The van der Waals surface area contributed by atoms with Crippen LogP contribution in [-0.4, -0.2) is 30.9 Å². The van der Waals surface area contributed by atoms with Crippen molar-refractivity contribution >= 4 is 11.9 Å². The first-order valence-electron chi connectivity index (χ1n) is 3.40. The number of amides is 2. The van der Waals surface area contributed by atoms with Gasteiger partial charge < -0.3 is 10.2 Å². The summed E-state index contributed by atoms with van der Waals surface area (Å²) in [5.74, 6) is 0.774. The highest BCUT2D eigenvalue weighted by Gasteiger charge is 2.05. The molecule has 0 bridgehead atoms. The molecule has 0 spiro atoms. The number of carbonyl (C=O) groups is 1. The Labute approximate surface area is 65.6 Å². The third kappa shape index (κ3) is 2.07. The number of amidine groups is 1. The van der Waals surface area contributed by atoms with Gasteiger partial charge in [0.2, 0.25) is 0 Å². The van der Waals surface area contributed by atoms with Crippen LogP contribution in [0.4, 0.5) is 4.79 Å². The molecule has 1 aliphatic rings. The van der Waals surface area contributed by atoms with Crippen LogP contribution in [0.15, 0.2) is 17.3 Å². The number of rotatable bonds is 0. The van der Waals surface area contributed by atoms with Gasteiger partial charge in [-0.2, -0.15) is 4.99 Å². The highest BCUT2D eigenvalue weighted by Crippen LogP contribution is 1.96. The number of nitrogens with zero attached hydrogens (tertiary/aromatic N) is 2. The molecule has 1 heterocycles. The summed E-state index contributed by atoms with van der Waals surface area (Å²) in [7, 11) is 3.73. The monoisotopic (exact) mass is 153 g/mol. The Hall–Kier alpha value is -1.32. The molecule has 11 heavy (non-hydrogen) atoms. The predicted molar refractivity (Wildman–Crippen MR) is 43.4 cm³/mol. The number of nitrogens with one attached hydrogen (secondary N) is 1. The van der Waals surface area contributed by atoms with Crippen molar-refractivity contribution in [1.82, 2.24) is 10.2 Å². The summed E-state index contributed by atoms with van der Waals surface area (Å²) >= 11 is 0. The summed E-state index contributed by atoms with van der Waals surface area (Å²) in [4.78, 5) is 16.5. The molecule has 1 aliphatic heterocycles. The smallest absolute Gasteiger partial charge is 0.346 e. The molecule has 4 heteroatoms. The number of hydrogen-bond donors (Lipinski definition) is 1. The van der Waals surface area contributed by atoms with Crippen molar-refractivity contribution in [2.45, 2.75) is 6.42 Å². The van der Waals surface area contributed by atoms with Crippen LogP contribution < -0.4 is 5.32 Å². The zero-order chi connectivity index (χ0) is 8.27. The lowest BCUT2D eigenvalue weighted by Crippen LogP contribution is -2.23. The van der Waals surface area contributed by atoms with Crippen LogP contribution in [0.2, 0.25) is 0 Å². The summed E-state index contributed by atoms with van der Waals surface area (Å²) in [5.41, 5.74) is 0. The lowest BCUT2D eigenvalue weighted by Gasteiger charge is -2.11. The van der Waals surface area contributed by atoms with E-state index in [0.717, 1.165) is 5.84 Å². The molecule has 1 rings (SSSR count). The number of hydrogen-bond acceptors (Lipinski definition) is 2. The largest absolute Gasteiger partial charge is 0.366 e. The highest BCUT2D eigenvalue weighted by atomic mass is 16.2. The van der Waals surface area contributed by atoms with E-state index in [1.807, 2.05) is 25.1 Å². The van der Waals surface area contributed by atoms with Gasteiger partial charge in [-0.05, 0) is 0 Å². The van der Waals surface area contributed by atoms with E-state index in [9.17, 15) is 4.79 Å². The van der Waals surface area contributed by atoms with Crippen LogP contribution in [0, 0.1) is 0 Å². The second-order valence-electron chi connectivity index (χ2n) is 2.48. The van der Waals surface area contributed by atoms with Crippen LogP contribution in [0.5, 0.6) is 0 Å². The molecule has 0 saturated carbocycles. The van der Waals surface area contributed by atoms with Gasteiger partial charge in [-0.25, -0.2) is 4.79 Å². The topological polar surface area (TPSA) is 44.7 Å². The maximum Gasteiger partial charge on any atom is 0.346 e. The van der Waals surface area contributed by atoms with E-state index in [2.05, 4.69) is 10.3 Å². The normalized spacial score (nSPS) is 16.9. The van der Waals surface area contributed by atoms with Crippen LogP contribution in [0.3, 0.4) is 0 Å². The standard InChI is InChI=1S/C7H11N3O/c1-10(2)6-4-3-5-8-7(11)9-6/h3,5H,4H2,1-2H3,(H,8,11). The van der Waals surface area contributed by atoms with Gasteiger partial charge in [0, 0.05) is 26.7 Å². The molecule has 4 nitrogen and oxygen atoms in total. The maximum absolute atomic E-state index is 10.8. The van der Waals surface area contributed by atoms with E-state index in [-0.39, 0.29) is 6.03 Å². The molecule has 1 N–H and O–H groups in total. The van der Waals surface area contributed by atoms with Crippen molar-refractivity contribution in [1.29, 1.82) is 0 Å². The molecule has 0 aromatic heterocycles. The molecule has 0 atom stereocenters. The summed E-state index contributed by atoms with van der Waals surface area (Å²) in [6, 6.07) is -0.303. The molecular weight excluding hydrogens is 142 g/mol. The fourth-order valence-corrected chi connectivity index (χ4v) is 0.772. The van der Waals surface area contributed by atoms with E-state index in [1.165, 1.54) is 0 Å². The predicted octanol–water partition coefficient (Wildman–Crippen LogP) is 0.574. The fourth-order valence-electron chi connectivity index (χ4n) is 0.772. The first-order chi connectivity index (χ1) is 5.20. The van der Waals surface area contributed by atoms with Gasteiger partial charge in [0.05, 0.1) is 0 Å². The Morgan fingerprint density at radius 3 is 3.00 bits per heavy atom. The Balaban J connectivity index is 2.76. The number of carbonyl (C=O) groups excluding carboxylic acids is 1. The van der Waals surface area contributed by atoms with Gasteiger partial charge in [-0.1, -0.05) is 6.08 Å². The molecule has 0 aliphatic carbocycles. The average Bonchev–Trinajstić information content (AvgIpc) is 2.13. The highest BCUT2D eigenvalue weighted by molar-refractivity contribution is 5.95. The zero-order valence-electron chi connectivity index (χ0n) is 6.66. The molecule has 0 radical (unpaired) electrons. The molecular formula is C7H11N3O. The molecule has 0 aromatic rings. The zero-order valence-corrected chi connectivity index (χ0v) is 6.66. The average molecular weight is 153 g/mol. The summed E-state index contributed by atoms with van der Waals surface area (Å²) < 4.78 is 0. The van der Waals surface area contributed by atoms with Crippen LogP contribution in [-0.2, 0) is 0 Å². The lowest BCUT2D eigenvalue weighted by molar-refractivity contribution is 0.252. The van der Waals surface area contributed by atoms with Gasteiger partial charge in [-0.3, -0.25) is 0 Å². The summed E-state index contributed by atoms with van der Waals surface area (Å²) in [5, 5.41) is 2.50. The van der Waals surface area contributed by atoms with E-state index < -0.39 is 0 Å². The summed E-state index contributed by atoms with van der Waals surface area (Å²) in [6.07, 6.45) is 4.18. The van der Waals surface area contributed by atoms with E-state index in [1.54, 1.807) is 6.20 Å². The second-order valence-corrected chi connectivity index (χ2v) is 2.48. The Morgan fingerprint density at radius 1 is 1.64 bits per heavy atom. The van der Waals surface area contributed by atoms with Gasteiger partial charge >= 0.3 is 6.03 Å². The van der Waals surface area contributed by atoms with Crippen molar-refractivity contribution in [2.24, 2.45) is 4.99 Å². The minimum absolute atomic E-state index is 0.303. The minimum Gasteiger partial charge on any atom is -0.366 e. The number of aliphatic imine (C=N–C) groups is 1. The summed E-state index contributed by atoms with van der Waals surface area (Å²) in [6.45, 7) is 0.